The Bertz CT molecular complexity index is 1350. The van der Waals surface area contributed by atoms with Crippen LogP contribution in [0, 0.1) is 0 Å². The molecule has 0 radical (unpaired) electrons. The number of aromatic nitrogens is 2. The Balaban J connectivity index is 1.41. The summed E-state index contributed by atoms with van der Waals surface area (Å²) in [6, 6.07) is 21.2. The quantitative estimate of drug-likeness (QED) is 0.231. The number of benzene rings is 3. The summed E-state index contributed by atoms with van der Waals surface area (Å²) in [5.41, 5.74) is 4.95. The molecule has 5 rings (SSSR count). The lowest BCUT2D eigenvalue weighted by Gasteiger charge is -2.28. The van der Waals surface area contributed by atoms with Crippen molar-refractivity contribution in [2.45, 2.75) is 50.4 Å². The molecule has 2 N–H and O–H groups in total. The highest BCUT2D eigenvalue weighted by Gasteiger charge is 2.26. The molecule has 1 aliphatic rings. The molecule has 0 spiro atoms. The first-order valence-corrected chi connectivity index (χ1v) is 13.7. The third-order valence-electron chi connectivity index (χ3n) is 6.82. The molecule has 0 bridgehead atoms. The first kappa shape index (κ1) is 24.7. The zero-order chi connectivity index (χ0) is 25.3. The zero-order valence-corrected chi connectivity index (χ0v) is 22.2. The van der Waals surface area contributed by atoms with Gasteiger partial charge >= 0.3 is 0 Å². The SMILES string of the molecule is CSc1ccc(CNC(C)(O)c2ccc3c(c2)OCCCN3c2ccc3ncn(C(C)C)c3c2)cc1. The van der Waals surface area contributed by atoms with Crippen LogP contribution in [0.1, 0.15) is 44.4 Å². The molecule has 4 aromatic rings. The Morgan fingerprint density at radius 2 is 1.92 bits per heavy atom. The van der Waals surface area contributed by atoms with Gasteiger partial charge in [-0.25, -0.2) is 4.98 Å². The van der Waals surface area contributed by atoms with Crippen LogP contribution < -0.4 is 15.0 Å². The Morgan fingerprint density at radius 1 is 1.11 bits per heavy atom. The molecule has 2 heterocycles. The highest BCUT2D eigenvalue weighted by Crippen LogP contribution is 2.39. The molecule has 188 valence electrons. The average Bonchev–Trinajstić information content (AvgIpc) is 3.20. The van der Waals surface area contributed by atoms with Gasteiger partial charge < -0.3 is 19.3 Å². The van der Waals surface area contributed by atoms with E-state index in [4.69, 9.17) is 4.74 Å². The van der Waals surface area contributed by atoms with Crippen LogP contribution in [-0.2, 0) is 12.3 Å². The minimum absolute atomic E-state index is 0.339. The van der Waals surface area contributed by atoms with Gasteiger partial charge in [-0.3, -0.25) is 5.32 Å². The van der Waals surface area contributed by atoms with Crippen molar-refractivity contribution < 1.29 is 9.84 Å². The van der Waals surface area contributed by atoms with E-state index in [1.807, 2.05) is 18.5 Å². The van der Waals surface area contributed by atoms with Gasteiger partial charge in [0.25, 0.3) is 0 Å². The van der Waals surface area contributed by atoms with Crippen molar-refractivity contribution in [1.29, 1.82) is 0 Å². The maximum absolute atomic E-state index is 11.3. The van der Waals surface area contributed by atoms with Crippen LogP contribution >= 0.6 is 11.8 Å². The molecule has 0 amide bonds. The van der Waals surface area contributed by atoms with Gasteiger partial charge in [0.2, 0.25) is 0 Å². The molecular formula is C29H34N4O2S. The third kappa shape index (κ3) is 4.96. The second-order valence-corrected chi connectivity index (χ2v) is 10.6. The number of thioether (sulfide) groups is 1. The molecule has 0 saturated heterocycles. The highest BCUT2D eigenvalue weighted by atomic mass is 32.2. The number of hydrogen-bond acceptors (Lipinski definition) is 6. The fourth-order valence-electron chi connectivity index (χ4n) is 4.66. The number of aliphatic hydroxyl groups is 1. The number of ether oxygens (including phenoxy) is 1. The molecule has 0 aliphatic carbocycles. The fraction of sp³-hybridized carbons (Fsp3) is 0.345. The van der Waals surface area contributed by atoms with E-state index in [0.717, 1.165) is 52.3 Å². The van der Waals surface area contributed by atoms with Gasteiger partial charge in [0, 0.05) is 35.3 Å². The average molecular weight is 503 g/mol. The van der Waals surface area contributed by atoms with Gasteiger partial charge in [-0.05, 0) is 81.5 Å². The number of anilines is 2. The third-order valence-corrected chi connectivity index (χ3v) is 7.56. The summed E-state index contributed by atoms with van der Waals surface area (Å²) in [6.07, 6.45) is 4.89. The van der Waals surface area contributed by atoms with Gasteiger partial charge in [0.15, 0.2) is 0 Å². The van der Waals surface area contributed by atoms with E-state index in [2.05, 4.69) is 88.4 Å². The summed E-state index contributed by atoms with van der Waals surface area (Å²) >= 11 is 1.72. The van der Waals surface area contributed by atoms with Crippen LogP contribution in [0.25, 0.3) is 11.0 Å². The van der Waals surface area contributed by atoms with E-state index in [1.165, 1.54) is 4.90 Å². The van der Waals surface area contributed by atoms with E-state index >= 15 is 0 Å². The van der Waals surface area contributed by atoms with E-state index in [0.29, 0.717) is 19.2 Å². The lowest BCUT2D eigenvalue weighted by atomic mass is 10.0. The Kier molecular flexibility index (Phi) is 6.97. The second-order valence-electron chi connectivity index (χ2n) is 9.73. The maximum atomic E-state index is 11.3. The van der Waals surface area contributed by atoms with E-state index in [9.17, 15) is 5.11 Å². The van der Waals surface area contributed by atoms with E-state index in [1.54, 1.807) is 18.7 Å². The zero-order valence-electron chi connectivity index (χ0n) is 21.4. The Hall–Kier alpha value is -3.00. The molecular weight excluding hydrogens is 468 g/mol. The Morgan fingerprint density at radius 3 is 2.67 bits per heavy atom. The van der Waals surface area contributed by atoms with Gasteiger partial charge in [0.05, 0.1) is 29.7 Å². The van der Waals surface area contributed by atoms with Crippen molar-refractivity contribution in [3.8, 4) is 5.75 Å². The van der Waals surface area contributed by atoms with Gasteiger partial charge in [-0.1, -0.05) is 18.2 Å². The first-order chi connectivity index (χ1) is 17.4. The van der Waals surface area contributed by atoms with Crippen LogP contribution in [0.5, 0.6) is 5.75 Å². The van der Waals surface area contributed by atoms with Crippen molar-refractivity contribution >= 4 is 34.2 Å². The fourth-order valence-corrected chi connectivity index (χ4v) is 5.07. The predicted molar refractivity (Wildman–Crippen MR) is 148 cm³/mol. The molecule has 1 unspecified atom stereocenters. The summed E-state index contributed by atoms with van der Waals surface area (Å²) in [4.78, 5) is 8.09. The normalized spacial score (nSPS) is 15.4. The van der Waals surface area contributed by atoms with Crippen LogP contribution in [0.3, 0.4) is 0 Å². The molecule has 6 nitrogen and oxygen atoms in total. The van der Waals surface area contributed by atoms with E-state index < -0.39 is 5.72 Å². The minimum Gasteiger partial charge on any atom is -0.491 e. The first-order valence-electron chi connectivity index (χ1n) is 12.5. The Labute approximate surface area is 217 Å². The number of hydrogen-bond donors (Lipinski definition) is 2. The summed E-state index contributed by atoms with van der Waals surface area (Å²) in [5, 5.41) is 14.6. The standard InChI is InChI=1S/C29H34N4O2S/c1-20(2)33-19-30-25-12-9-23(17-27(25)33)32-14-5-15-35-28-16-22(8-13-26(28)32)29(3,34)31-18-21-6-10-24(36-4)11-7-21/h6-13,16-17,19-20,31,34H,5,14-15,18H2,1-4H3. The second kappa shape index (κ2) is 10.2. The van der Waals surface area contributed by atoms with Crippen LogP contribution in [0.15, 0.2) is 71.9 Å². The maximum Gasteiger partial charge on any atom is 0.143 e. The smallest absolute Gasteiger partial charge is 0.143 e. The molecule has 0 saturated carbocycles. The van der Waals surface area contributed by atoms with Crippen LogP contribution in [0.4, 0.5) is 11.4 Å². The topological polar surface area (TPSA) is 62.5 Å². The monoisotopic (exact) mass is 502 g/mol. The van der Waals surface area contributed by atoms with Gasteiger partial charge in [-0.2, -0.15) is 0 Å². The van der Waals surface area contributed by atoms with E-state index in [-0.39, 0.29) is 0 Å². The summed E-state index contributed by atoms with van der Waals surface area (Å²) < 4.78 is 8.36. The largest absolute Gasteiger partial charge is 0.491 e. The molecule has 1 aliphatic heterocycles. The molecule has 3 aromatic carbocycles. The van der Waals surface area contributed by atoms with Crippen LogP contribution in [0.2, 0.25) is 0 Å². The summed E-state index contributed by atoms with van der Waals surface area (Å²) in [6.45, 7) is 8.19. The number of imidazole rings is 1. The molecule has 1 aromatic heterocycles. The van der Waals surface area contributed by atoms with Crippen molar-refractivity contribution in [3.05, 3.63) is 78.1 Å². The van der Waals surface area contributed by atoms with Crippen molar-refractivity contribution in [2.24, 2.45) is 0 Å². The summed E-state index contributed by atoms with van der Waals surface area (Å²) in [5.74, 6) is 0.786. The number of rotatable bonds is 7. The molecule has 1 atom stereocenters. The predicted octanol–water partition coefficient (Wildman–Crippen LogP) is 6.21. The minimum atomic E-state index is -1.20. The molecule has 36 heavy (non-hydrogen) atoms. The molecule has 0 fully saturated rings. The van der Waals surface area contributed by atoms with Crippen molar-refractivity contribution in [1.82, 2.24) is 14.9 Å². The summed E-state index contributed by atoms with van der Waals surface area (Å²) in [7, 11) is 0. The number of fused-ring (bicyclic) bond motifs is 2. The highest BCUT2D eigenvalue weighted by molar-refractivity contribution is 7.98. The lowest BCUT2D eigenvalue weighted by molar-refractivity contribution is 0.0176. The number of nitrogens with zero attached hydrogens (tertiary/aromatic N) is 3. The number of nitrogens with one attached hydrogen (secondary N) is 1. The van der Waals surface area contributed by atoms with Crippen LogP contribution in [-0.4, -0.2) is 34.1 Å². The van der Waals surface area contributed by atoms with Gasteiger partial charge in [0.1, 0.15) is 11.5 Å². The van der Waals surface area contributed by atoms with Crippen molar-refractivity contribution in [2.75, 3.05) is 24.3 Å². The van der Waals surface area contributed by atoms with Crippen molar-refractivity contribution in [3.63, 3.8) is 0 Å². The molecule has 7 heteroatoms. The van der Waals surface area contributed by atoms with Gasteiger partial charge in [-0.15, -0.1) is 11.8 Å². The lowest BCUT2D eigenvalue weighted by Crippen LogP contribution is -2.38.